The Balaban J connectivity index is 2.18. The van der Waals surface area contributed by atoms with E-state index in [1.165, 1.54) is 24.3 Å². The number of phenolic OH excluding ortho intramolecular Hbond substituents is 1. The van der Waals surface area contributed by atoms with Crippen LogP contribution in [0.15, 0.2) is 29.2 Å². The molecule has 1 aliphatic heterocycles. The topological polar surface area (TPSA) is 69.6 Å². The van der Waals surface area contributed by atoms with Crippen LogP contribution in [0.3, 0.4) is 0 Å². The molecule has 0 radical (unpaired) electrons. The molecule has 0 bridgehead atoms. The fraction of sp³-hybridized carbons (Fsp3) is 0.538. The molecule has 19 heavy (non-hydrogen) atoms. The molecular weight excluding hydrogens is 264 g/mol. The van der Waals surface area contributed by atoms with Crippen LogP contribution in [0, 0.1) is 0 Å². The average molecular weight is 284 g/mol. The molecule has 1 fully saturated rings. The van der Waals surface area contributed by atoms with Crippen LogP contribution in [-0.4, -0.2) is 30.6 Å². The fourth-order valence-corrected chi connectivity index (χ4v) is 3.66. The van der Waals surface area contributed by atoms with Crippen molar-refractivity contribution in [3.63, 3.8) is 0 Å². The molecule has 1 aromatic rings. The van der Waals surface area contributed by atoms with E-state index >= 15 is 0 Å². The minimum Gasteiger partial charge on any atom is -0.508 e. The molecule has 2 unspecified atom stereocenters. The molecule has 0 saturated carbocycles. The van der Waals surface area contributed by atoms with E-state index < -0.39 is 10.0 Å². The minimum atomic E-state index is -3.58. The van der Waals surface area contributed by atoms with Gasteiger partial charge in [0.25, 0.3) is 10.0 Å². The van der Waals surface area contributed by atoms with Gasteiger partial charge in [-0.3, -0.25) is 0 Å². The largest absolute Gasteiger partial charge is 0.508 e. The number of hydrazine groups is 1. The first-order valence-electron chi connectivity index (χ1n) is 6.50. The number of benzene rings is 1. The highest BCUT2D eigenvalue weighted by Gasteiger charge is 2.29. The SMILES string of the molecule is CC1CCCC(C)N1NS(=O)(=O)c1ccc(O)cc1. The predicted octanol–water partition coefficient (Wildman–Crippen LogP) is 1.85. The number of hydrogen-bond donors (Lipinski definition) is 2. The molecule has 5 nitrogen and oxygen atoms in total. The number of sulfonamides is 1. The van der Waals surface area contributed by atoms with E-state index in [1.807, 2.05) is 18.9 Å². The van der Waals surface area contributed by atoms with Crippen molar-refractivity contribution in [1.29, 1.82) is 0 Å². The van der Waals surface area contributed by atoms with Gasteiger partial charge < -0.3 is 5.11 Å². The second-order valence-electron chi connectivity index (χ2n) is 5.12. The molecule has 106 valence electrons. The van der Waals surface area contributed by atoms with Crippen LogP contribution in [0.25, 0.3) is 0 Å². The maximum Gasteiger partial charge on any atom is 0.253 e. The zero-order valence-electron chi connectivity index (χ0n) is 11.2. The highest BCUT2D eigenvalue weighted by Crippen LogP contribution is 2.22. The van der Waals surface area contributed by atoms with E-state index in [1.54, 1.807) is 0 Å². The number of phenols is 1. The lowest BCUT2D eigenvalue weighted by atomic mass is 10.0. The lowest BCUT2D eigenvalue weighted by Gasteiger charge is -2.38. The number of aromatic hydroxyl groups is 1. The summed E-state index contributed by atoms with van der Waals surface area (Å²) in [6.45, 7) is 4.05. The van der Waals surface area contributed by atoms with Crippen LogP contribution in [0.1, 0.15) is 33.1 Å². The predicted molar refractivity (Wildman–Crippen MR) is 73.0 cm³/mol. The quantitative estimate of drug-likeness (QED) is 0.888. The van der Waals surface area contributed by atoms with Gasteiger partial charge in [-0.05, 0) is 51.0 Å². The average Bonchev–Trinajstić information content (AvgIpc) is 2.35. The van der Waals surface area contributed by atoms with Gasteiger partial charge in [-0.1, -0.05) is 6.42 Å². The zero-order valence-corrected chi connectivity index (χ0v) is 12.0. The highest BCUT2D eigenvalue weighted by molar-refractivity contribution is 7.89. The van der Waals surface area contributed by atoms with Crippen molar-refractivity contribution in [3.8, 4) is 5.75 Å². The van der Waals surface area contributed by atoms with Gasteiger partial charge in [0.05, 0.1) is 4.90 Å². The third-order valence-corrected chi connectivity index (χ3v) is 4.91. The highest BCUT2D eigenvalue weighted by atomic mass is 32.2. The lowest BCUT2D eigenvalue weighted by Crippen LogP contribution is -2.53. The standard InChI is InChI=1S/C13H20N2O3S/c1-10-4-3-5-11(2)15(10)14-19(17,18)13-8-6-12(16)7-9-13/h6-11,14,16H,3-5H2,1-2H3. The minimum absolute atomic E-state index is 0.0543. The third-order valence-electron chi connectivity index (χ3n) is 3.57. The van der Waals surface area contributed by atoms with Gasteiger partial charge in [0.15, 0.2) is 0 Å². The van der Waals surface area contributed by atoms with Crippen molar-refractivity contribution >= 4 is 10.0 Å². The number of piperidine rings is 1. The molecule has 6 heteroatoms. The number of rotatable bonds is 3. The van der Waals surface area contributed by atoms with Crippen molar-refractivity contribution in [2.24, 2.45) is 0 Å². The lowest BCUT2D eigenvalue weighted by molar-refractivity contribution is 0.0790. The Morgan fingerprint density at radius 3 is 2.21 bits per heavy atom. The summed E-state index contributed by atoms with van der Waals surface area (Å²) in [7, 11) is -3.58. The van der Waals surface area contributed by atoms with Gasteiger partial charge in [-0.25, -0.2) is 13.4 Å². The molecular formula is C13H20N2O3S. The number of hydrogen-bond acceptors (Lipinski definition) is 4. The maximum atomic E-state index is 12.3. The van der Waals surface area contributed by atoms with Crippen molar-refractivity contribution < 1.29 is 13.5 Å². The first-order chi connectivity index (χ1) is 8.90. The summed E-state index contributed by atoms with van der Waals surface area (Å²) >= 11 is 0. The monoisotopic (exact) mass is 284 g/mol. The van der Waals surface area contributed by atoms with Crippen molar-refractivity contribution in [1.82, 2.24) is 9.84 Å². The van der Waals surface area contributed by atoms with Gasteiger partial charge in [-0.15, -0.1) is 4.83 Å². The van der Waals surface area contributed by atoms with E-state index in [0.717, 1.165) is 19.3 Å². The van der Waals surface area contributed by atoms with E-state index in [9.17, 15) is 13.5 Å². The van der Waals surface area contributed by atoms with Crippen LogP contribution < -0.4 is 4.83 Å². The van der Waals surface area contributed by atoms with E-state index in [0.29, 0.717) is 0 Å². The smallest absolute Gasteiger partial charge is 0.253 e. The Morgan fingerprint density at radius 2 is 1.68 bits per heavy atom. The maximum absolute atomic E-state index is 12.3. The molecule has 1 aromatic carbocycles. The van der Waals surface area contributed by atoms with Gasteiger partial charge in [0, 0.05) is 12.1 Å². The zero-order chi connectivity index (χ0) is 14.0. The Bertz CT molecular complexity index is 517. The van der Waals surface area contributed by atoms with E-state index in [4.69, 9.17) is 0 Å². The molecule has 2 atom stereocenters. The Hall–Kier alpha value is -1.11. The third kappa shape index (κ3) is 3.26. The first kappa shape index (κ1) is 14.3. The summed E-state index contributed by atoms with van der Waals surface area (Å²) in [6, 6.07) is 5.93. The van der Waals surface area contributed by atoms with Crippen LogP contribution >= 0.6 is 0 Å². The summed E-state index contributed by atoms with van der Waals surface area (Å²) in [5, 5.41) is 11.0. The summed E-state index contributed by atoms with van der Waals surface area (Å²) in [5.41, 5.74) is 0. The van der Waals surface area contributed by atoms with E-state index in [2.05, 4.69) is 4.83 Å². The van der Waals surface area contributed by atoms with Crippen molar-refractivity contribution in [2.75, 3.05) is 0 Å². The van der Waals surface area contributed by atoms with Crippen LogP contribution in [0.5, 0.6) is 5.75 Å². The fourth-order valence-electron chi connectivity index (χ4n) is 2.42. The van der Waals surface area contributed by atoms with Crippen molar-refractivity contribution in [2.45, 2.75) is 50.1 Å². The van der Waals surface area contributed by atoms with Crippen molar-refractivity contribution in [3.05, 3.63) is 24.3 Å². The molecule has 1 heterocycles. The Kier molecular flexibility index (Phi) is 4.13. The molecule has 2 N–H and O–H groups in total. The van der Waals surface area contributed by atoms with Crippen LogP contribution in [0.2, 0.25) is 0 Å². The van der Waals surface area contributed by atoms with Gasteiger partial charge in [-0.2, -0.15) is 0 Å². The second kappa shape index (κ2) is 5.48. The molecule has 1 aliphatic rings. The van der Waals surface area contributed by atoms with Gasteiger partial charge in [0.1, 0.15) is 5.75 Å². The summed E-state index contributed by atoms with van der Waals surface area (Å²) in [4.78, 5) is 2.82. The normalized spacial score (nSPS) is 25.4. The van der Waals surface area contributed by atoms with Crippen LogP contribution in [-0.2, 0) is 10.0 Å². The summed E-state index contributed by atoms with van der Waals surface area (Å²) in [5.74, 6) is 0.0543. The van der Waals surface area contributed by atoms with E-state index in [-0.39, 0.29) is 22.7 Å². The summed E-state index contributed by atoms with van der Waals surface area (Å²) < 4.78 is 24.5. The second-order valence-corrected chi connectivity index (χ2v) is 6.79. The molecule has 0 aromatic heterocycles. The number of nitrogens with zero attached hydrogens (tertiary/aromatic N) is 1. The van der Waals surface area contributed by atoms with Gasteiger partial charge in [0.2, 0.25) is 0 Å². The molecule has 1 saturated heterocycles. The first-order valence-corrected chi connectivity index (χ1v) is 7.98. The Labute approximate surface area is 114 Å². The number of nitrogens with one attached hydrogen (secondary N) is 1. The molecule has 2 rings (SSSR count). The molecule has 0 amide bonds. The Morgan fingerprint density at radius 1 is 1.16 bits per heavy atom. The molecule has 0 aliphatic carbocycles. The van der Waals surface area contributed by atoms with Gasteiger partial charge >= 0.3 is 0 Å². The summed E-state index contributed by atoms with van der Waals surface area (Å²) in [6.07, 6.45) is 3.10. The molecule has 0 spiro atoms. The van der Waals surface area contributed by atoms with Crippen LogP contribution in [0.4, 0.5) is 0 Å².